The number of hydrogen-bond donors (Lipinski definition) is 1. The van der Waals surface area contributed by atoms with Gasteiger partial charge < -0.3 is 10.1 Å². The average Bonchev–Trinajstić information content (AvgIpc) is 2.65. The van der Waals surface area contributed by atoms with Crippen molar-refractivity contribution in [2.24, 2.45) is 0 Å². The monoisotopic (exact) mass is 395 g/mol. The van der Waals surface area contributed by atoms with Crippen LogP contribution in [-0.2, 0) is 17.1 Å². The van der Waals surface area contributed by atoms with Crippen LogP contribution in [0.2, 0.25) is 5.02 Å². The van der Waals surface area contributed by atoms with Gasteiger partial charge in [0.25, 0.3) is 5.92 Å². The summed E-state index contributed by atoms with van der Waals surface area (Å²) in [6.45, 7) is -0.915. The number of carbonyl (C=O) groups is 1. The Morgan fingerprint density at radius 3 is 2.41 bits per heavy atom. The van der Waals surface area contributed by atoms with Crippen LogP contribution in [-0.4, -0.2) is 12.8 Å². The van der Waals surface area contributed by atoms with E-state index in [-0.39, 0.29) is 39.0 Å². The third kappa shape index (κ3) is 3.76. The zero-order chi connectivity index (χ0) is 19.6. The Morgan fingerprint density at radius 1 is 1.00 bits per heavy atom. The van der Waals surface area contributed by atoms with Crippen LogP contribution < -0.4 is 5.32 Å². The highest BCUT2D eigenvalue weighted by molar-refractivity contribution is 6.31. The van der Waals surface area contributed by atoms with Gasteiger partial charge in [-0.15, -0.1) is 0 Å². The van der Waals surface area contributed by atoms with Crippen LogP contribution in [0.3, 0.4) is 0 Å². The van der Waals surface area contributed by atoms with Crippen molar-refractivity contribution in [2.75, 3.05) is 11.9 Å². The fourth-order valence-corrected chi connectivity index (χ4v) is 3.11. The number of alkyl halides is 2. The van der Waals surface area contributed by atoms with Gasteiger partial charge in [-0.1, -0.05) is 35.9 Å². The summed E-state index contributed by atoms with van der Waals surface area (Å²) in [5.74, 6) is -4.85. The van der Waals surface area contributed by atoms with Crippen molar-refractivity contribution < 1.29 is 22.4 Å². The van der Waals surface area contributed by atoms with Crippen molar-refractivity contribution in [2.45, 2.75) is 12.3 Å². The molecule has 0 amide bonds. The largest absolute Gasteiger partial charge is 0.376 e. The zero-order valence-electron chi connectivity index (χ0n) is 13.9. The van der Waals surface area contributed by atoms with E-state index in [0.29, 0.717) is 6.29 Å². The lowest BCUT2D eigenvalue weighted by molar-refractivity contribution is -0.107. The van der Waals surface area contributed by atoms with E-state index >= 15 is 0 Å². The molecule has 0 atom stereocenters. The van der Waals surface area contributed by atoms with Crippen LogP contribution in [0, 0.1) is 11.6 Å². The number of rotatable bonds is 6. The number of benzene rings is 3. The highest BCUT2D eigenvalue weighted by Crippen LogP contribution is 2.35. The summed E-state index contributed by atoms with van der Waals surface area (Å²) in [4.78, 5) is 10.6. The Labute approximate surface area is 157 Å². The summed E-state index contributed by atoms with van der Waals surface area (Å²) in [5.41, 5.74) is -0.621. The molecular formula is C20H14ClF4NO. The first-order valence-electron chi connectivity index (χ1n) is 8.05. The second-order valence-electron chi connectivity index (χ2n) is 5.96. The van der Waals surface area contributed by atoms with Crippen LogP contribution in [0.1, 0.15) is 11.1 Å². The molecule has 0 heterocycles. The molecule has 0 bridgehead atoms. The van der Waals surface area contributed by atoms with Crippen LogP contribution in [0.4, 0.5) is 23.2 Å². The Hall–Kier alpha value is -2.60. The SMILES string of the molecule is O=CCc1c(Cl)ccc(NCC(F)(F)c2ccc(F)c3ccccc23)c1F. The standard InChI is InChI=1S/C20H14ClF4NO/c21-16-6-8-18(19(23)14(16)9-10-27)26-11-20(24,25)15-5-7-17(22)13-4-2-1-3-12(13)15/h1-8,10,26H,9,11H2. The highest BCUT2D eigenvalue weighted by Gasteiger charge is 2.34. The Bertz CT molecular complexity index is 1010. The summed E-state index contributed by atoms with van der Waals surface area (Å²) in [6, 6.07) is 10.5. The first-order chi connectivity index (χ1) is 12.8. The summed E-state index contributed by atoms with van der Waals surface area (Å²) in [6.07, 6.45) is 0.215. The molecule has 3 aromatic rings. The summed E-state index contributed by atoms with van der Waals surface area (Å²) in [5, 5.41) is 2.58. The molecule has 3 rings (SSSR count). The number of aldehydes is 1. The van der Waals surface area contributed by atoms with Gasteiger partial charge in [0.15, 0.2) is 5.82 Å². The first-order valence-corrected chi connectivity index (χ1v) is 8.43. The molecule has 0 radical (unpaired) electrons. The predicted octanol–water partition coefficient (Wildman–Crippen LogP) is 5.72. The molecule has 0 saturated carbocycles. The van der Waals surface area contributed by atoms with E-state index in [1.54, 1.807) is 12.1 Å². The van der Waals surface area contributed by atoms with Gasteiger partial charge >= 0.3 is 0 Å². The predicted molar refractivity (Wildman–Crippen MR) is 97.5 cm³/mol. The fraction of sp³-hybridized carbons (Fsp3) is 0.150. The van der Waals surface area contributed by atoms with Crippen LogP contribution in [0.15, 0.2) is 48.5 Å². The van der Waals surface area contributed by atoms with Crippen LogP contribution in [0.5, 0.6) is 0 Å². The summed E-state index contributed by atoms with van der Waals surface area (Å²) < 4.78 is 57.8. The van der Waals surface area contributed by atoms with E-state index in [9.17, 15) is 22.4 Å². The number of anilines is 1. The Kier molecular flexibility index (Phi) is 5.37. The van der Waals surface area contributed by atoms with Gasteiger partial charge in [-0.25, -0.2) is 8.78 Å². The maximum absolute atomic E-state index is 14.8. The molecule has 0 saturated heterocycles. The van der Waals surface area contributed by atoms with Crippen molar-refractivity contribution in [3.8, 4) is 0 Å². The molecule has 1 N–H and O–H groups in total. The minimum Gasteiger partial charge on any atom is -0.376 e. The van der Waals surface area contributed by atoms with E-state index < -0.39 is 24.1 Å². The molecule has 140 valence electrons. The normalized spacial score (nSPS) is 11.6. The average molecular weight is 396 g/mol. The van der Waals surface area contributed by atoms with Gasteiger partial charge in [0.1, 0.15) is 12.1 Å². The molecule has 0 aromatic heterocycles. The van der Waals surface area contributed by atoms with Crippen molar-refractivity contribution in [3.63, 3.8) is 0 Å². The van der Waals surface area contributed by atoms with Gasteiger partial charge in [-0.05, 0) is 29.7 Å². The molecule has 0 unspecified atom stereocenters. The van der Waals surface area contributed by atoms with Gasteiger partial charge in [-0.2, -0.15) is 8.78 Å². The van der Waals surface area contributed by atoms with Crippen molar-refractivity contribution >= 4 is 34.3 Å². The zero-order valence-corrected chi connectivity index (χ0v) is 14.7. The molecule has 0 spiro atoms. The molecule has 0 aliphatic carbocycles. The Balaban J connectivity index is 1.92. The van der Waals surface area contributed by atoms with E-state index in [1.807, 2.05) is 0 Å². The van der Waals surface area contributed by atoms with E-state index in [1.165, 1.54) is 24.3 Å². The molecule has 0 aliphatic rings. The molecule has 0 fully saturated rings. The summed E-state index contributed by atoms with van der Waals surface area (Å²) >= 11 is 5.84. The van der Waals surface area contributed by atoms with E-state index in [2.05, 4.69) is 5.32 Å². The quantitative estimate of drug-likeness (QED) is 0.427. The van der Waals surface area contributed by atoms with E-state index in [0.717, 1.165) is 12.1 Å². The minimum atomic E-state index is -3.40. The molecular weight excluding hydrogens is 382 g/mol. The molecule has 2 nitrogen and oxygen atoms in total. The molecule has 0 aliphatic heterocycles. The van der Waals surface area contributed by atoms with Crippen molar-refractivity contribution in [1.29, 1.82) is 0 Å². The van der Waals surface area contributed by atoms with Gasteiger partial charge in [0.2, 0.25) is 0 Å². The fourth-order valence-electron chi connectivity index (χ4n) is 2.89. The highest BCUT2D eigenvalue weighted by atomic mass is 35.5. The molecule has 3 aromatic carbocycles. The topological polar surface area (TPSA) is 29.1 Å². The van der Waals surface area contributed by atoms with Crippen LogP contribution in [0.25, 0.3) is 10.8 Å². The van der Waals surface area contributed by atoms with Gasteiger partial charge in [0, 0.05) is 28.0 Å². The maximum atomic E-state index is 14.8. The lowest BCUT2D eigenvalue weighted by Crippen LogP contribution is -2.25. The minimum absolute atomic E-state index is 0.0430. The summed E-state index contributed by atoms with van der Waals surface area (Å²) in [7, 11) is 0. The van der Waals surface area contributed by atoms with Crippen LogP contribution >= 0.6 is 11.6 Å². The molecule has 27 heavy (non-hydrogen) atoms. The smallest absolute Gasteiger partial charge is 0.290 e. The van der Waals surface area contributed by atoms with E-state index in [4.69, 9.17) is 11.6 Å². The number of hydrogen-bond acceptors (Lipinski definition) is 2. The second kappa shape index (κ2) is 7.56. The third-order valence-electron chi connectivity index (χ3n) is 4.24. The first kappa shape index (κ1) is 19.2. The second-order valence-corrected chi connectivity index (χ2v) is 6.36. The number of carbonyl (C=O) groups excluding carboxylic acids is 1. The van der Waals surface area contributed by atoms with Crippen molar-refractivity contribution in [1.82, 2.24) is 0 Å². The number of fused-ring (bicyclic) bond motifs is 1. The lowest BCUT2D eigenvalue weighted by Gasteiger charge is -2.21. The van der Waals surface area contributed by atoms with Gasteiger partial charge in [-0.3, -0.25) is 0 Å². The van der Waals surface area contributed by atoms with Crippen molar-refractivity contribution in [3.05, 3.63) is 76.3 Å². The third-order valence-corrected chi connectivity index (χ3v) is 4.59. The lowest BCUT2D eigenvalue weighted by atomic mass is 9.99. The Morgan fingerprint density at radius 2 is 1.70 bits per heavy atom. The van der Waals surface area contributed by atoms with Gasteiger partial charge in [0.05, 0.1) is 12.2 Å². The maximum Gasteiger partial charge on any atom is 0.290 e. The molecule has 7 heteroatoms. The number of halogens is 5. The number of nitrogens with one attached hydrogen (secondary N) is 1.